The fourth-order valence-electron chi connectivity index (χ4n) is 2.16. The second-order valence-electron chi connectivity index (χ2n) is 4.62. The number of hydrogen-bond donors (Lipinski definition) is 2. The molecule has 0 atom stereocenters. The fraction of sp³-hybridized carbons (Fsp3) is 0.462. The standard InChI is InChI=1S/C13H18N4O2/c1-10(18)15-16-13(19)11-5-8-17(9-6-11)12-4-2-3-7-14-12/h2-4,7,11H,5-6,8-9H2,1H3,(H,15,18)(H,16,19). The van der Waals surface area contributed by atoms with Gasteiger partial charge < -0.3 is 4.90 Å². The largest absolute Gasteiger partial charge is 0.357 e. The molecule has 1 saturated heterocycles. The van der Waals surface area contributed by atoms with Crippen molar-refractivity contribution in [3.8, 4) is 0 Å². The Morgan fingerprint density at radius 2 is 2.00 bits per heavy atom. The first-order chi connectivity index (χ1) is 9.16. The van der Waals surface area contributed by atoms with Crippen LogP contribution in [0.1, 0.15) is 19.8 Å². The van der Waals surface area contributed by atoms with Gasteiger partial charge in [0.25, 0.3) is 0 Å². The molecule has 1 aliphatic heterocycles. The summed E-state index contributed by atoms with van der Waals surface area (Å²) in [6.45, 7) is 2.97. The third kappa shape index (κ3) is 3.67. The van der Waals surface area contributed by atoms with Crippen molar-refractivity contribution < 1.29 is 9.59 Å². The highest BCUT2D eigenvalue weighted by Crippen LogP contribution is 2.21. The van der Waals surface area contributed by atoms with E-state index in [4.69, 9.17) is 0 Å². The monoisotopic (exact) mass is 262 g/mol. The maximum atomic E-state index is 11.8. The molecule has 0 radical (unpaired) electrons. The number of nitrogens with one attached hydrogen (secondary N) is 2. The Bertz CT molecular complexity index is 441. The number of rotatable bonds is 2. The van der Waals surface area contributed by atoms with Crippen LogP contribution < -0.4 is 15.8 Å². The molecule has 0 aliphatic carbocycles. The molecule has 1 aliphatic rings. The SMILES string of the molecule is CC(=O)NNC(=O)C1CCN(c2ccccn2)CC1. The van der Waals surface area contributed by atoms with Crippen molar-refractivity contribution >= 4 is 17.6 Å². The smallest absolute Gasteiger partial charge is 0.241 e. The number of carbonyl (C=O) groups excluding carboxylic acids is 2. The molecular formula is C13H18N4O2. The van der Waals surface area contributed by atoms with E-state index in [1.54, 1.807) is 6.20 Å². The highest BCUT2D eigenvalue weighted by Gasteiger charge is 2.25. The van der Waals surface area contributed by atoms with E-state index in [1.165, 1.54) is 6.92 Å². The molecule has 0 spiro atoms. The van der Waals surface area contributed by atoms with Gasteiger partial charge in [0.1, 0.15) is 5.82 Å². The summed E-state index contributed by atoms with van der Waals surface area (Å²) < 4.78 is 0. The lowest BCUT2D eigenvalue weighted by Gasteiger charge is -2.32. The van der Waals surface area contributed by atoms with E-state index >= 15 is 0 Å². The Balaban J connectivity index is 1.82. The van der Waals surface area contributed by atoms with Gasteiger partial charge in [-0.1, -0.05) is 6.07 Å². The van der Waals surface area contributed by atoms with E-state index in [9.17, 15) is 9.59 Å². The molecule has 2 heterocycles. The first-order valence-electron chi connectivity index (χ1n) is 6.39. The van der Waals surface area contributed by atoms with Gasteiger partial charge in [0.2, 0.25) is 11.8 Å². The van der Waals surface area contributed by atoms with Crippen LogP contribution >= 0.6 is 0 Å². The lowest BCUT2D eigenvalue weighted by Crippen LogP contribution is -2.46. The van der Waals surface area contributed by atoms with Crippen LogP contribution in [0, 0.1) is 5.92 Å². The zero-order valence-electron chi connectivity index (χ0n) is 10.9. The Morgan fingerprint density at radius 1 is 1.26 bits per heavy atom. The second-order valence-corrected chi connectivity index (χ2v) is 4.62. The Morgan fingerprint density at radius 3 is 2.58 bits per heavy atom. The molecule has 2 amide bonds. The van der Waals surface area contributed by atoms with Crippen LogP contribution in [0.25, 0.3) is 0 Å². The third-order valence-corrected chi connectivity index (χ3v) is 3.20. The third-order valence-electron chi connectivity index (χ3n) is 3.20. The Kier molecular flexibility index (Phi) is 4.33. The highest BCUT2D eigenvalue weighted by atomic mass is 16.2. The van der Waals surface area contributed by atoms with Crippen molar-refractivity contribution in [2.45, 2.75) is 19.8 Å². The molecule has 1 aromatic rings. The first kappa shape index (κ1) is 13.3. The molecule has 0 unspecified atom stereocenters. The zero-order chi connectivity index (χ0) is 13.7. The number of anilines is 1. The van der Waals surface area contributed by atoms with Gasteiger partial charge >= 0.3 is 0 Å². The molecule has 1 fully saturated rings. The van der Waals surface area contributed by atoms with Gasteiger partial charge in [0.05, 0.1) is 0 Å². The van der Waals surface area contributed by atoms with E-state index in [1.807, 2.05) is 18.2 Å². The number of carbonyl (C=O) groups is 2. The lowest BCUT2D eigenvalue weighted by atomic mass is 9.96. The number of aromatic nitrogens is 1. The molecule has 2 N–H and O–H groups in total. The van der Waals surface area contributed by atoms with Crippen molar-refractivity contribution in [1.29, 1.82) is 0 Å². The number of amides is 2. The van der Waals surface area contributed by atoms with E-state index in [2.05, 4.69) is 20.7 Å². The molecule has 1 aromatic heterocycles. The topological polar surface area (TPSA) is 74.3 Å². The molecule has 0 aromatic carbocycles. The van der Waals surface area contributed by atoms with Crippen molar-refractivity contribution in [2.75, 3.05) is 18.0 Å². The van der Waals surface area contributed by atoms with Crippen molar-refractivity contribution in [1.82, 2.24) is 15.8 Å². The molecule has 6 nitrogen and oxygen atoms in total. The highest BCUT2D eigenvalue weighted by molar-refractivity contribution is 5.82. The van der Waals surface area contributed by atoms with Crippen LogP contribution in [0.3, 0.4) is 0 Å². The van der Waals surface area contributed by atoms with Crippen LogP contribution in [0.5, 0.6) is 0 Å². The van der Waals surface area contributed by atoms with Crippen LogP contribution in [0.2, 0.25) is 0 Å². The van der Waals surface area contributed by atoms with Crippen molar-refractivity contribution in [3.63, 3.8) is 0 Å². The number of piperidine rings is 1. The quantitative estimate of drug-likeness (QED) is 0.760. The summed E-state index contributed by atoms with van der Waals surface area (Å²) in [6, 6.07) is 5.81. The molecule has 102 valence electrons. The van der Waals surface area contributed by atoms with Gasteiger partial charge in [-0.3, -0.25) is 20.4 Å². The Labute approximate surface area is 112 Å². The summed E-state index contributed by atoms with van der Waals surface area (Å²) in [6.07, 6.45) is 3.30. The fourth-order valence-corrected chi connectivity index (χ4v) is 2.16. The molecular weight excluding hydrogens is 244 g/mol. The Hall–Kier alpha value is -2.11. The number of nitrogens with zero attached hydrogens (tertiary/aromatic N) is 2. The van der Waals surface area contributed by atoms with E-state index in [0.29, 0.717) is 0 Å². The van der Waals surface area contributed by atoms with Gasteiger partial charge in [0, 0.05) is 32.1 Å². The van der Waals surface area contributed by atoms with E-state index in [-0.39, 0.29) is 17.7 Å². The van der Waals surface area contributed by atoms with Crippen LogP contribution in [-0.2, 0) is 9.59 Å². The summed E-state index contributed by atoms with van der Waals surface area (Å²) in [4.78, 5) is 29.0. The number of hydrazine groups is 1. The van der Waals surface area contributed by atoms with Gasteiger partial charge in [0.15, 0.2) is 0 Å². The van der Waals surface area contributed by atoms with Crippen molar-refractivity contribution in [3.05, 3.63) is 24.4 Å². The number of hydrogen-bond acceptors (Lipinski definition) is 4. The average molecular weight is 262 g/mol. The van der Waals surface area contributed by atoms with Crippen LogP contribution in [0.15, 0.2) is 24.4 Å². The molecule has 0 bridgehead atoms. The van der Waals surface area contributed by atoms with Crippen LogP contribution in [0.4, 0.5) is 5.82 Å². The van der Waals surface area contributed by atoms with Gasteiger partial charge in [-0.05, 0) is 25.0 Å². The predicted molar refractivity (Wildman–Crippen MR) is 71.1 cm³/mol. The van der Waals surface area contributed by atoms with Crippen molar-refractivity contribution in [2.24, 2.45) is 5.92 Å². The van der Waals surface area contributed by atoms with Gasteiger partial charge in [-0.15, -0.1) is 0 Å². The lowest BCUT2D eigenvalue weighted by molar-refractivity contribution is -0.130. The minimum atomic E-state index is -0.265. The maximum absolute atomic E-state index is 11.8. The molecule has 2 rings (SSSR count). The maximum Gasteiger partial charge on any atom is 0.241 e. The van der Waals surface area contributed by atoms with Crippen LogP contribution in [-0.4, -0.2) is 29.9 Å². The first-order valence-corrected chi connectivity index (χ1v) is 6.39. The summed E-state index contributed by atoms with van der Waals surface area (Å²) in [5.74, 6) is 0.519. The van der Waals surface area contributed by atoms with Gasteiger partial charge in [-0.2, -0.15) is 0 Å². The minimum Gasteiger partial charge on any atom is -0.357 e. The van der Waals surface area contributed by atoms with Gasteiger partial charge in [-0.25, -0.2) is 4.98 Å². The average Bonchev–Trinajstić information content (AvgIpc) is 2.46. The number of pyridine rings is 1. The summed E-state index contributed by atoms with van der Waals surface area (Å²) in [5.41, 5.74) is 4.75. The zero-order valence-corrected chi connectivity index (χ0v) is 10.9. The normalized spacial score (nSPS) is 15.9. The van der Waals surface area contributed by atoms with E-state index in [0.717, 1.165) is 31.7 Å². The predicted octanol–water partition coefficient (Wildman–Crippen LogP) is 0.465. The second kappa shape index (κ2) is 6.17. The summed E-state index contributed by atoms with van der Waals surface area (Å²) >= 11 is 0. The summed E-state index contributed by atoms with van der Waals surface area (Å²) in [7, 11) is 0. The minimum absolute atomic E-state index is 0.0492. The summed E-state index contributed by atoms with van der Waals surface area (Å²) in [5, 5.41) is 0. The molecule has 0 saturated carbocycles. The molecule has 19 heavy (non-hydrogen) atoms. The molecule has 6 heteroatoms. The van der Waals surface area contributed by atoms with E-state index < -0.39 is 0 Å².